The molecule has 0 N–H and O–H groups in total. The van der Waals surface area contributed by atoms with Crippen molar-refractivity contribution in [1.29, 1.82) is 0 Å². The minimum Gasteiger partial charge on any atom is -0.274 e. The van der Waals surface area contributed by atoms with Gasteiger partial charge in [0.1, 0.15) is 0 Å². The summed E-state index contributed by atoms with van der Waals surface area (Å²) in [7, 11) is 0. The maximum Gasteiger partial charge on any atom is 0.264 e. The fraction of sp³-hybridized carbons (Fsp3) is 0.429. The number of nitrogens with zero attached hydrogens (tertiary/aromatic N) is 3. The van der Waals surface area contributed by atoms with Gasteiger partial charge in [-0.05, 0) is 44.0 Å². The van der Waals surface area contributed by atoms with Crippen LogP contribution in [-0.4, -0.2) is 23.9 Å². The quantitative estimate of drug-likeness (QED) is 0.722. The molecule has 0 radical (unpaired) electrons. The number of fused-ring (bicyclic) bond motifs is 1. The Morgan fingerprint density at radius 2 is 1.84 bits per heavy atom. The predicted octanol–water partition coefficient (Wildman–Crippen LogP) is 2.02. The van der Waals surface area contributed by atoms with E-state index in [2.05, 4.69) is 10.2 Å². The van der Waals surface area contributed by atoms with Crippen molar-refractivity contribution >= 4 is 17.5 Å². The zero-order chi connectivity index (χ0) is 13.8. The lowest BCUT2D eigenvalue weighted by Crippen LogP contribution is -2.37. The standard InChI is InChI=1S/C14H15N3O2/c1-8-4-9(2)6-10(5-8)17-12(18)11-7-15-16-14(11,3)13(17)19/h4-6,11H,7H2,1-3H3/t11-,14+/m1/s1. The normalized spacial score (nSPS) is 29.2. The second kappa shape index (κ2) is 3.73. The number of hydrogen-bond donors (Lipinski definition) is 0. The molecule has 2 heterocycles. The number of azo groups is 1. The second-order valence-corrected chi connectivity index (χ2v) is 5.45. The Morgan fingerprint density at radius 1 is 1.21 bits per heavy atom. The number of benzene rings is 1. The molecule has 1 fully saturated rings. The molecule has 3 rings (SSSR count). The van der Waals surface area contributed by atoms with E-state index >= 15 is 0 Å². The summed E-state index contributed by atoms with van der Waals surface area (Å²) in [6, 6.07) is 5.71. The molecule has 19 heavy (non-hydrogen) atoms. The summed E-state index contributed by atoms with van der Waals surface area (Å²) in [5, 5.41) is 7.85. The van der Waals surface area contributed by atoms with Gasteiger partial charge in [-0.3, -0.25) is 9.59 Å². The Labute approximate surface area is 111 Å². The number of carbonyl (C=O) groups excluding carboxylic acids is 2. The molecule has 0 saturated carbocycles. The first-order valence-corrected chi connectivity index (χ1v) is 6.29. The van der Waals surface area contributed by atoms with Gasteiger partial charge < -0.3 is 0 Å². The minimum atomic E-state index is -1.01. The summed E-state index contributed by atoms with van der Waals surface area (Å²) in [6.07, 6.45) is 0. The van der Waals surface area contributed by atoms with Crippen LogP contribution in [0.2, 0.25) is 0 Å². The van der Waals surface area contributed by atoms with E-state index in [-0.39, 0.29) is 11.8 Å². The van der Waals surface area contributed by atoms with Gasteiger partial charge >= 0.3 is 0 Å². The molecule has 0 aromatic heterocycles. The van der Waals surface area contributed by atoms with Crippen molar-refractivity contribution in [2.24, 2.45) is 16.1 Å². The summed E-state index contributed by atoms with van der Waals surface area (Å²) in [6.45, 7) is 5.90. The highest BCUT2D eigenvalue weighted by Crippen LogP contribution is 2.40. The molecule has 98 valence electrons. The molecule has 5 heteroatoms. The first-order chi connectivity index (χ1) is 8.93. The molecule has 1 aromatic carbocycles. The molecule has 0 spiro atoms. The third kappa shape index (κ3) is 1.54. The third-order valence-electron chi connectivity index (χ3n) is 3.84. The van der Waals surface area contributed by atoms with Crippen LogP contribution < -0.4 is 4.90 Å². The zero-order valence-electron chi connectivity index (χ0n) is 11.2. The smallest absolute Gasteiger partial charge is 0.264 e. The topological polar surface area (TPSA) is 62.1 Å². The van der Waals surface area contributed by atoms with E-state index in [4.69, 9.17) is 0 Å². The highest BCUT2D eigenvalue weighted by molar-refractivity contribution is 6.25. The van der Waals surface area contributed by atoms with Gasteiger partial charge in [0, 0.05) is 0 Å². The number of carbonyl (C=O) groups is 2. The van der Waals surface area contributed by atoms with Crippen molar-refractivity contribution < 1.29 is 9.59 Å². The first-order valence-electron chi connectivity index (χ1n) is 6.29. The molecule has 2 atom stereocenters. The van der Waals surface area contributed by atoms with Crippen LogP contribution in [-0.2, 0) is 9.59 Å². The number of imide groups is 1. The van der Waals surface area contributed by atoms with E-state index in [1.54, 1.807) is 6.92 Å². The van der Waals surface area contributed by atoms with Crippen molar-refractivity contribution in [1.82, 2.24) is 0 Å². The van der Waals surface area contributed by atoms with E-state index in [9.17, 15) is 9.59 Å². The third-order valence-corrected chi connectivity index (χ3v) is 3.84. The molecule has 5 nitrogen and oxygen atoms in total. The Balaban J connectivity index is 2.09. The molecule has 0 unspecified atom stereocenters. The van der Waals surface area contributed by atoms with Crippen molar-refractivity contribution in [2.75, 3.05) is 11.4 Å². The number of aryl methyl sites for hydroxylation is 2. The van der Waals surface area contributed by atoms with Gasteiger partial charge in [0.25, 0.3) is 5.91 Å². The van der Waals surface area contributed by atoms with E-state index in [0.717, 1.165) is 11.1 Å². The number of hydrogen-bond acceptors (Lipinski definition) is 4. The van der Waals surface area contributed by atoms with Crippen LogP contribution in [0.25, 0.3) is 0 Å². The molecule has 0 bridgehead atoms. The predicted molar refractivity (Wildman–Crippen MR) is 70.0 cm³/mol. The fourth-order valence-electron chi connectivity index (χ4n) is 2.83. The van der Waals surface area contributed by atoms with Gasteiger partial charge in [-0.2, -0.15) is 10.2 Å². The molecule has 1 saturated heterocycles. The van der Waals surface area contributed by atoms with Crippen LogP contribution in [0.4, 0.5) is 5.69 Å². The van der Waals surface area contributed by atoms with Gasteiger partial charge in [-0.1, -0.05) is 6.07 Å². The maximum atomic E-state index is 12.5. The molecule has 2 aliphatic heterocycles. The summed E-state index contributed by atoms with van der Waals surface area (Å²) in [5.41, 5.74) is 1.69. The van der Waals surface area contributed by atoms with Gasteiger partial charge in [0.2, 0.25) is 5.91 Å². The van der Waals surface area contributed by atoms with E-state index < -0.39 is 11.5 Å². The van der Waals surface area contributed by atoms with E-state index in [1.165, 1.54) is 4.90 Å². The Bertz CT molecular complexity index is 603. The SMILES string of the molecule is Cc1cc(C)cc(N2C(=O)[C@H]3CN=N[C@]3(C)C2=O)c1. The lowest BCUT2D eigenvalue weighted by molar-refractivity contribution is -0.122. The van der Waals surface area contributed by atoms with Gasteiger partial charge in [0.15, 0.2) is 5.54 Å². The monoisotopic (exact) mass is 257 g/mol. The van der Waals surface area contributed by atoms with E-state index in [0.29, 0.717) is 12.2 Å². The highest BCUT2D eigenvalue weighted by atomic mass is 16.2. The zero-order valence-corrected chi connectivity index (χ0v) is 11.2. The summed E-state index contributed by atoms with van der Waals surface area (Å²) >= 11 is 0. The Kier molecular flexibility index (Phi) is 2.36. The summed E-state index contributed by atoms with van der Waals surface area (Å²) in [4.78, 5) is 26.2. The number of anilines is 1. The summed E-state index contributed by atoms with van der Waals surface area (Å²) < 4.78 is 0. The van der Waals surface area contributed by atoms with E-state index in [1.807, 2.05) is 32.0 Å². The number of amides is 2. The van der Waals surface area contributed by atoms with Gasteiger partial charge in [-0.15, -0.1) is 0 Å². The van der Waals surface area contributed by atoms with Crippen molar-refractivity contribution in [3.05, 3.63) is 29.3 Å². The molecule has 0 aliphatic carbocycles. The highest BCUT2D eigenvalue weighted by Gasteiger charge is 2.59. The van der Waals surface area contributed by atoms with Gasteiger partial charge in [0.05, 0.1) is 18.2 Å². The lowest BCUT2D eigenvalue weighted by atomic mass is 9.90. The van der Waals surface area contributed by atoms with Crippen molar-refractivity contribution in [3.63, 3.8) is 0 Å². The van der Waals surface area contributed by atoms with Crippen LogP contribution in [0.15, 0.2) is 28.4 Å². The largest absolute Gasteiger partial charge is 0.274 e. The molecule has 2 aliphatic rings. The minimum absolute atomic E-state index is 0.192. The summed E-state index contributed by atoms with van der Waals surface area (Å²) in [5.74, 6) is -0.905. The van der Waals surface area contributed by atoms with Crippen LogP contribution in [0.5, 0.6) is 0 Å². The Morgan fingerprint density at radius 3 is 2.42 bits per heavy atom. The second-order valence-electron chi connectivity index (χ2n) is 5.45. The molecule has 1 aromatic rings. The average molecular weight is 257 g/mol. The molecule has 2 amide bonds. The van der Waals surface area contributed by atoms with Crippen LogP contribution >= 0.6 is 0 Å². The lowest BCUT2D eigenvalue weighted by Gasteiger charge is -2.18. The average Bonchev–Trinajstić information content (AvgIpc) is 2.77. The first kappa shape index (κ1) is 12.0. The van der Waals surface area contributed by atoms with Crippen molar-refractivity contribution in [3.8, 4) is 0 Å². The fourth-order valence-corrected chi connectivity index (χ4v) is 2.83. The van der Waals surface area contributed by atoms with Crippen molar-refractivity contribution in [2.45, 2.75) is 26.3 Å². The van der Waals surface area contributed by atoms with Crippen LogP contribution in [0, 0.1) is 19.8 Å². The maximum absolute atomic E-state index is 12.5. The number of rotatable bonds is 1. The van der Waals surface area contributed by atoms with Gasteiger partial charge in [-0.25, -0.2) is 4.90 Å². The van der Waals surface area contributed by atoms with Crippen LogP contribution in [0.1, 0.15) is 18.1 Å². The molecular weight excluding hydrogens is 242 g/mol. The molecular formula is C14H15N3O2. The Hall–Kier alpha value is -2.04. The van der Waals surface area contributed by atoms with Crippen LogP contribution in [0.3, 0.4) is 0 Å².